The zero-order valence-corrected chi connectivity index (χ0v) is 22.3. The number of carbonyl (C=O) groups excluding carboxylic acids is 2. The molecule has 1 saturated heterocycles. The van der Waals surface area contributed by atoms with Crippen molar-refractivity contribution in [2.24, 2.45) is 4.99 Å². The standard InChI is InChI=1S/C27H32N6O4S/c1-32(2)11-6-12-33(27(35)31-24-16-36-25(37-24)13-19-7-4-3-5-8-19)15-20-9-10-22(29-14-20)26(34)30-23-18-38-17-21(23)28/h3-5,7-10,14,17-18,25H,6,11-13,15-16,28H2,1-2H3,(H,30,34). The first-order chi connectivity index (χ1) is 18.4. The third-order valence-corrected chi connectivity index (χ3v) is 6.56. The number of hydrogen-bond acceptors (Lipinski definition) is 8. The van der Waals surface area contributed by atoms with Crippen molar-refractivity contribution in [1.29, 1.82) is 0 Å². The maximum Gasteiger partial charge on any atom is 0.346 e. The predicted octanol–water partition coefficient (Wildman–Crippen LogP) is 3.87. The number of hydrogen-bond donors (Lipinski definition) is 2. The fourth-order valence-electron chi connectivity index (χ4n) is 3.81. The van der Waals surface area contributed by atoms with E-state index in [0.29, 0.717) is 30.9 Å². The number of nitrogens with zero attached hydrogens (tertiary/aromatic N) is 4. The molecule has 4 rings (SSSR count). The molecular weight excluding hydrogens is 504 g/mol. The van der Waals surface area contributed by atoms with Crippen LogP contribution in [0.4, 0.5) is 16.2 Å². The minimum atomic E-state index is -0.474. The molecule has 0 spiro atoms. The number of carbonyl (C=O) groups is 2. The van der Waals surface area contributed by atoms with Gasteiger partial charge in [0.1, 0.15) is 12.3 Å². The number of nitrogens with two attached hydrogens (primary N) is 1. The van der Waals surface area contributed by atoms with Gasteiger partial charge in [0.25, 0.3) is 5.91 Å². The average Bonchev–Trinajstić information content (AvgIpc) is 3.52. The van der Waals surface area contributed by atoms with E-state index in [2.05, 4.69) is 20.2 Å². The summed E-state index contributed by atoms with van der Waals surface area (Å²) in [4.78, 5) is 37.8. The molecule has 38 heavy (non-hydrogen) atoms. The topological polar surface area (TPSA) is 122 Å². The van der Waals surface area contributed by atoms with E-state index in [1.165, 1.54) is 11.3 Å². The van der Waals surface area contributed by atoms with Gasteiger partial charge in [-0.05, 0) is 44.3 Å². The van der Waals surface area contributed by atoms with Gasteiger partial charge in [0.15, 0.2) is 0 Å². The van der Waals surface area contributed by atoms with Crippen LogP contribution in [0.1, 0.15) is 28.0 Å². The maximum absolute atomic E-state index is 13.1. The van der Waals surface area contributed by atoms with Crippen LogP contribution in [-0.2, 0) is 22.4 Å². The summed E-state index contributed by atoms with van der Waals surface area (Å²) in [7, 11) is 3.97. The number of nitrogens with one attached hydrogen (secondary N) is 1. The van der Waals surface area contributed by atoms with Crippen molar-refractivity contribution in [2.45, 2.75) is 25.7 Å². The molecule has 11 heteroatoms. The van der Waals surface area contributed by atoms with Crippen LogP contribution in [0.2, 0.25) is 0 Å². The lowest BCUT2D eigenvalue weighted by Gasteiger charge is -2.21. The third-order valence-electron chi connectivity index (χ3n) is 5.80. The molecule has 200 valence electrons. The predicted molar refractivity (Wildman–Crippen MR) is 148 cm³/mol. The van der Waals surface area contributed by atoms with Crippen molar-refractivity contribution in [2.75, 3.05) is 44.8 Å². The van der Waals surface area contributed by atoms with E-state index in [1.807, 2.05) is 44.4 Å². The lowest BCUT2D eigenvalue weighted by Crippen LogP contribution is -2.32. The number of aromatic nitrogens is 1. The molecule has 1 aliphatic rings. The molecule has 0 saturated carbocycles. The second kappa shape index (κ2) is 13.1. The number of amides is 3. The maximum atomic E-state index is 13.1. The minimum Gasteiger partial charge on any atom is -0.449 e. The summed E-state index contributed by atoms with van der Waals surface area (Å²) in [5.41, 5.74) is 9.03. The first kappa shape index (κ1) is 27.2. The monoisotopic (exact) mass is 536 g/mol. The highest BCUT2D eigenvalue weighted by Crippen LogP contribution is 2.23. The van der Waals surface area contributed by atoms with Crippen LogP contribution in [-0.4, -0.2) is 72.7 Å². The van der Waals surface area contributed by atoms with Gasteiger partial charge in [-0.25, -0.2) is 4.79 Å². The second-order valence-corrected chi connectivity index (χ2v) is 9.90. The Morgan fingerprint density at radius 2 is 1.95 bits per heavy atom. The van der Waals surface area contributed by atoms with E-state index in [-0.39, 0.29) is 24.1 Å². The van der Waals surface area contributed by atoms with Gasteiger partial charge >= 0.3 is 6.03 Å². The smallest absolute Gasteiger partial charge is 0.346 e. The molecule has 0 bridgehead atoms. The highest BCUT2D eigenvalue weighted by Gasteiger charge is 2.25. The van der Waals surface area contributed by atoms with Gasteiger partial charge in [-0.3, -0.25) is 9.78 Å². The summed E-state index contributed by atoms with van der Waals surface area (Å²) in [5, 5.41) is 6.27. The Kier molecular flexibility index (Phi) is 9.41. The van der Waals surface area contributed by atoms with Crippen LogP contribution in [0.25, 0.3) is 0 Å². The van der Waals surface area contributed by atoms with Crippen molar-refractivity contribution >= 4 is 40.5 Å². The number of benzene rings is 1. The molecule has 1 aromatic carbocycles. The molecule has 3 N–H and O–H groups in total. The van der Waals surface area contributed by atoms with Gasteiger partial charge in [0, 0.05) is 36.5 Å². The lowest BCUT2D eigenvalue weighted by molar-refractivity contribution is -0.0209. The molecule has 1 atom stereocenters. The third kappa shape index (κ3) is 7.85. The van der Waals surface area contributed by atoms with E-state index in [9.17, 15) is 9.59 Å². The van der Waals surface area contributed by atoms with E-state index in [4.69, 9.17) is 15.2 Å². The molecule has 1 aliphatic heterocycles. The molecule has 1 fully saturated rings. The molecule has 0 aliphatic carbocycles. The highest BCUT2D eigenvalue weighted by molar-refractivity contribution is 7.09. The van der Waals surface area contributed by atoms with Crippen molar-refractivity contribution in [3.63, 3.8) is 0 Å². The van der Waals surface area contributed by atoms with Crippen LogP contribution >= 0.6 is 11.3 Å². The fraction of sp³-hybridized carbons (Fsp3) is 0.333. The SMILES string of the molecule is CN(C)CCCN(Cc1ccc(C(=O)Nc2cscc2N)nc1)C(=O)N=C1COC(Cc2ccccc2)O1. The van der Waals surface area contributed by atoms with Crippen molar-refractivity contribution in [3.05, 3.63) is 76.2 Å². The first-order valence-corrected chi connectivity index (χ1v) is 13.2. The molecule has 3 amide bonds. The van der Waals surface area contributed by atoms with Gasteiger partial charge < -0.3 is 30.3 Å². The zero-order chi connectivity index (χ0) is 26.9. The van der Waals surface area contributed by atoms with Gasteiger partial charge in [0.2, 0.25) is 12.2 Å². The number of aliphatic imine (C=N–C) groups is 1. The normalized spacial score (nSPS) is 16.0. The van der Waals surface area contributed by atoms with Gasteiger partial charge in [-0.2, -0.15) is 4.99 Å². The number of ether oxygens (including phenoxy) is 2. The van der Waals surface area contributed by atoms with Gasteiger partial charge in [-0.15, -0.1) is 11.3 Å². The van der Waals surface area contributed by atoms with E-state index in [0.717, 1.165) is 24.1 Å². The quantitative estimate of drug-likeness (QED) is 0.403. The number of thiophene rings is 1. The number of urea groups is 1. The van der Waals surface area contributed by atoms with E-state index in [1.54, 1.807) is 34.0 Å². The molecule has 3 heterocycles. The molecule has 0 radical (unpaired) electrons. The number of rotatable bonds is 10. The van der Waals surface area contributed by atoms with Crippen LogP contribution in [0.3, 0.4) is 0 Å². The van der Waals surface area contributed by atoms with E-state index < -0.39 is 12.3 Å². The molecule has 1 unspecified atom stereocenters. The molecule has 10 nitrogen and oxygen atoms in total. The molecular formula is C27H32N6O4S. The fourth-order valence-corrected chi connectivity index (χ4v) is 4.49. The van der Waals surface area contributed by atoms with E-state index >= 15 is 0 Å². The summed E-state index contributed by atoms with van der Waals surface area (Å²) < 4.78 is 11.5. The molecule has 3 aromatic rings. The summed E-state index contributed by atoms with van der Waals surface area (Å²) in [6.45, 7) is 1.77. The Hall–Kier alpha value is -3.80. The summed E-state index contributed by atoms with van der Waals surface area (Å²) >= 11 is 1.41. The Morgan fingerprint density at radius 3 is 2.63 bits per heavy atom. The van der Waals surface area contributed by atoms with Crippen molar-refractivity contribution in [3.8, 4) is 0 Å². The summed E-state index contributed by atoms with van der Waals surface area (Å²) in [6.07, 6.45) is 2.47. The van der Waals surface area contributed by atoms with Crippen molar-refractivity contribution < 1.29 is 19.1 Å². The number of anilines is 2. The first-order valence-electron chi connectivity index (χ1n) is 12.3. The largest absolute Gasteiger partial charge is 0.449 e. The Morgan fingerprint density at radius 1 is 1.13 bits per heavy atom. The zero-order valence-electron chi connectivity index (χ0n) is 21.5. The summed E-state index contributed by atoms with van der Waals surface area (Å²) in [6, 6.07) is 12.9. The van der Waals surface area contributed by atoms with Gasteiger partial charge in [0.05, 0.1) is 11.4 Å². The Bertz CT molecular complexity index is 1250. The van der Waals surface area contributed by atoms with Crippen LogP contribution < -0.4 is 11.1 Å². The van der Waals surface area contributed by atoms with Gasteiger partial charge in [-0.1, -0.05) is 36.4 Å². The average molecular weight is 537 g/mol. The van der Waals surface area contributed by atoms with Crippen molar-refractivity contribution in [1.82, 2.24) is 14.8 Å². The lowest BCUT2D eigenvalue weighted by atomic mass is 10.1. The Labute approximate surface area is 226 Å². The van der Waals surface area contributed by atoms with Crippen LogP contribution in [0, 0.1) is 0 Å². The molecule has 2 aromatic heterocycles. The van der Waals surface area contributed by atoms with Crippen LogP contribution in [0.5, 0.6) is 0 Å². The second-order valence-electron chi connectivity index (χ2n) is 9.16. The highest BCUT2D eigenvalue weighted by atomic mass is 32.1. The van der Waals surface area contributed by atoms with Crippen LogP contribution in [0.15, 0.2) is 64.4 Å². The Balaban J connectivity index is 1.38. The summed E-state index contributed by atoms with van der Waals surface area (Å²) in [5.74, 6) is -0.0817. The number of pyridine rings is 1. The number of nitrogen functional groups attached to an aromatic ring is 1. The minimum absolute atomic E-state index is 0.148.